The standard InChI is InChI=1S/C13H16N6/c14-13-18-11(7-12(19-13)17-9-4-5-9)16-8-10-3-1-2-6-15-10/h1-3,6-7,9H,4-5,8H2,(H4,14,16,17,18,19). The summed E-state index contributed by atoms with van der Waals surface area (Å²) in [6.45, 7) is 0.611. The molecule has 0 aromatic carbocycles. The normalized spacial score (nSPS) is 14.1. The van der Waals surface area contributed by atoms with Gasteiger partial charge in [-0.3, -0.25) is 4.98 Å². The van der Waals surface area contributed by atoms with E-state index in [-0.39, 0.29) is 5.95 Å². The summed E-state index contributed by atoms with van der Waals surface area (Å²) in [7, 11) is 0. The Bertz CT molecular complexity index is 552. The average Bonchev–Trinajstić information content (AvgIpc) is 3.21. The molecule has 1 saturated carbocycles. The Hall–Kier alpha value is -2.37. The van der Waals surface area contributed by atoms with Gasteiger partial charge in [-0.05, 0) is 25.0 Å². The van der Waals surface area contributed by atoms with E-state index in [1.54, 1.807) is 6.20 Å². The third-order valence-corrected chi connectivity index (χ3v) is 2.85. The highest BCUT2D eigenvalue weighted by molar-refractivity contribution is 5.52. The Labute approximate surface area is 111 Å². The summed E-state index contributed by atoms with van der Waals surface area (Å²) in [5.74, 6) is 1.76. The lowest BCUT2D eigenvalue weighted by Gasteiger charge is -2.09. The second kappa shape index (κ2) is 5.09. The summed E-state index contributed by atoms with van der Waals surface area (Å²) >= 11 is 0. The number of aromatic nitrogens is 3. The monoisotopic (exact) mass is 256 g/mol. The minimum Gasteiger partial charge on any atom is -0.368 e. The second-order valence-corrected chi connectivity index (χ2v) is 4.59. The maximum Gasteiger partial charge on any atom is 0.223 e. The van der Waals surface area contributed by atoms with Gasteiger partial charge >= 0.3 is 0 Å². The first kappa shape index (κ1) is 11.7. The molecular formula is C13H16N6. The van der Waals surface area contributed by atoms with Crippen molar-refractivity contribution in [2.75, 3.05) is 16.4 Å². The van der Waals surface area contributed by atoms with E-state index in [0.717, 1.165) is 11.5 Å². The fourth-order valence-corrected chi connectivity index (χ4v) is 1.75. The highest BCUT2D eigenvalue weighted by Gasteiger charge is 2.21. The molecule has 0 amide bonds. The molecule has 0 atom stereocenters. The number of nitrogens with zero attached hydrogens (tertiary/aromatic N) is 3. The maximum absolute atomic E-state index is 5.71. The molecule has 0 aliphatic heterocycles. The Kier molecular flexibility index (Phi) is 3.14. The van der Waals surface area contributed by atoms with Crippen molar-refractivity contribution in [3.8, 4) is 0 Å². The second-order valence-electron chi connectivity index (χ2n) is 4.59. The van der Waals surface area contributed by atoms with Gasteiger partial charge in [-0.25, -0.2) is 0 Å². The van der Waals surface area contributed by atoms with Gasteiger partial charge in [-0.1, -0.05) is 6.07 Å². The zero-order chi connectivity index (χ0) is 13.1. The molecule has 1 fully saturated rings. The highest BCUT2D eigenvalue weighted by Crippen LogP contribution is 2.24. The number of hydrogen-bond donors (Lipinski definition) is 3. The van der Waals surface area contributed by atoms with Crippen LogP contribution in [0.25, 0.3) is 0 Å². The van der Waals surface area contributed by atoms with E-state index < -0.39 is 0 Å². The molecule has 0 radical (unpaired) electrons. The minimum atomic E-state index is 0.272. The van der Waals surface area contributed by atoms with E-state index in [1.807, 2.05) is 24.3 Å². The smallest absolute Gasteiger partial charge is 0.223 e. The molecule has 2 aromatic rings. The molecule has 6 nitrogen and oxygen atoms in total. The van der Waals surface area contributed by atoms with Crippen LogP contribution in [0.2, 0.25) is 0 Å². The topological polar surface area (TPSA) is 88.8 Å². The first-order chi connectivity index (χ1) is 9.29. The fourth-order valence-electron chi connectivity index (χ4n) is 1.75. The molecule has 0 spiro atoms. The van der Waals surface area contributed by atoms with E-state index >= 15 is 0 Å². The van der Waals surface area contributed by atoms with E-state index in [1.165, 1.54) is 12.8 Å². The SMILES string of the molecule is Nc1nc(NCc2ccccn2)cc(NC2CC2)n1. The Morgan fingerprint density at radius 3 is 2.79 bits per heavy atom. The van der Waals surface area contributed by atoms with E-state index in [4.69, 9.17) is 5.73 Å². The van der Waals surface area contributed by atoms with Crippen LogP contribution in [0.3, 0.4) is 0 Å². The summed E-state index contributed by atoms with van der Waals surface area (Å²) in [6, 6.07) is 8.22. The number of nitrogens with one attached hydrogen (secondary N) is 2. The molecule has 0 unspecified atom stereocenters. The number of pyridine rings is 1. The summed E-state index contributed by atoms with van der Waals surface area (Å²) in [5, 5.41) is 6.51. The largest absolute Gasteiger partial charge is 0.368 e. The Balaban J connectivity index is 1.67. The third-order valence-electron chi connectivity index (χ3n) is 2.85. The van der Waals surface area contributed by atoms with Gasteiger partial charge in [-0.15, -0.1) is 0 Å². The molecule has 0 bridgehead atoms. The zero-order valence-electron chi connectivity index (χ0n) is 10.5. The van der Waals surface area contributed by atoms with Crippen LogP contribution in [0.1, 0.15) is 18.5 Å². The van der Waals surface area contributed by atoms with Gasteiger partial charge in [0, 0.05) is 18.3 Å². The van der Waals surface area contributed by atoms with Gasteiger partial charge in [0.05, 0.1) is 12.2 Å². The van der Waals surface area contributed by atoms with Crippen LogP contribution in [-0.2, 0) is 6.54 Å². The Morgan fingerprint density at radius 2 is 2.05 bits per heavy atom. The molecule has 2 aromatic heterocycles. The van der Waals surface area contributed by atoms with Crippen molar-refractivity contribution < 1.29 is 0 Å². The van der Waals surface area contributed by atoms with Gasteiger partial charge < -0.3 is 16.4 Å². The van der Waals surface area contributed by atoms with Crippen molar-refractivity contribution in [3.05, 3.63) is 36.2 Å². The molecule has 1 aliphatic rings. The minimum absolute atomic E-state index is 0.272. The molecule has 1 aliphatic carbocycles. The van der Waals surface area contributed by atoms with Crippen LogP contribution in [0, 0.1) is 0 Å². The fraction of sp³-hybridized carbons (Fsp3) is 0.308. The molecule has 19 heavy (non-hydrogen) atoms. The summed E-state index contributed by atoms with van der Waals surface area (Å²) < 4.78 is 0. The first-order valence-electron chi connectivity index (χ1n) is 6.34. The van der Waals surface area contributed by atoms with Crippen LogP contribution >= 0.6 is 0 Å². The van der Waals surface area contributed by atoms with Crippen molar-refractivity contribution in [3.63, 3.8) is 0 Å². The molecule has 0 saturated heterocycles. The quantitative estimate of drug-likeness (QED) is 0.753. The maximum atomic E-state index is 5.71. The van der Waals surface area contributed by atoms with Gasteiger partial charge in [0.15, 0.2) is 0 Å². The van der Waals surface area contributed by atoms with Crippen molar-refractivity contribution in [1.29, 1.82) is 0 Å². The predicted octanol–water partition coefficient (Wildman–Crippen LogP) is 1.64. The molecule has 6 heteroatoms. The first-order valence-corrected chi connectivity index (χ1v) is 6.34. The third kappa shape index (κ3) is 3.31. The number of nitrogens with two attached hydrogens (primary N) is 1. The van der Waals surface area contributed by atoms with Gasteiger partial charge in [0.25, 0.3) is 0 Å². The zero-order valence-corrected chi connectivity index (χ0v) is 10.5. The highest BCUT2D eigenvalue weighted by atomic mass is 15.1. The van der Waals surface area contributed by atoms with Gasteiger partial charge in [0.1, 0.15) is 11.6 Å². The van der Waals surface area contributed by atoms with Crippen LogP contribution in [0.4, 0.5) is 17.6 Å². The van der Waals surface area contributed by atoms with Crippen LogP contribution in [0.15, 0.2) is 30.5 Å². The lowest BCUT2D eigenvalue weighted by Crippen LogP contribution is -2.09. The van der Waals surface area contributed by atoms with E-state index in [0.29, 0.717) is 18.4 Å². The predicted molar refractivity (Wildman–Crippen MR) is 74.7 cm³/mol. The van der Waals surface area contributed by atoms with Gasteiger partial charge in [-0.2, -0.15) is 9.97 Å². The molecule has 98 valence electrons. The number of anilines is 3. The molecule has 4 N–H and O–H groups in total. The lowest BCUT2D eigenvalue weighted by molar-refractivity contribution is 1.02. The van der Waals surface area contributed by atoms with Crippen molar-refractivity contribution in [2.24, 2.45) is 0 Å². The van der Waals surface area contributed by atoms with Crippen LogP contribution in [-0.4, -0.2) is 21.0 Å². The molecule has 2 heterocycles. The average molecular weight is 256 g/mol. The number of nitrogen functional groups attached to an aromatic ring is 1. The molecular weight excluding hydrogens is 240 g/mol. The summed E-state index contributed by atoms with van der Waals surface area (Å²) in [6.07, 6.45) is 4.16. The van der Waals surface area contributed by atoms with E-state index in [2.05, 4.69) is 25.6 Å². The summed E-state index contributed by atoms with van der Waals surface area (Å²) in [5.41, 5.74) is 6.66. The number of hydrogen-bond acceptors (Lipinski definition) is 6. The van der Waals surface area contributed by atoms with Crippen molar-refractivity contribution >= 4 is 17.6 Å². The van der Waals surface area contributed by atoms with E-state index in [9.17, 15) is 0 Å². The van der Waals surface area contributed by atoms with Crippen LogP contribution in [0.5, 0.6) is 0 Å². The summed E-state index contributed by atoms with van der Waals surface area (Å²) in [4.78, 5) is 12.6. The van der Waals surface area contributed by atoms with Crippen molar-refractivity contribution in [1.82, 2.24) is 15.0 Å². The Morgan fingerprint density at radius 1 is 1.21 bits per heavy atom. The van der Waals surface area contributed by atoms with Crippen LogP contribution < -0.4 is 16.4 Å². The number of rotatable bonds is 5. The van der Waals surface area contributed by atoms with Gasteiger partial charge in [0.2, 0.25) is 5.95 Å². The molecule has 3 rings (SSSR count). The lowest BCUT2D eigenvalue weighted by atomic mass is 10.3. The van der Waals surface area contributed by atoms with Crippen molar-refractivity contribution in [2.45, 2.75) is 25.4 Å².